The molecule has 6 heteroatoms. The molecular formula is C17H21FO5. The number of hydrogen-bond acceptors (Lipinski definition) is 5. The van der Waals surface area contributed by atoms with Crippen LogP contribution in [-0.4, -0.2) is 30.9 Å². The third-order valence-corrected chi connectivity index (χ3v) is 3.21. The first kappa shape index (κ1) is 18.8. The quantitative estimate of drug-likeness (QED) is 0.397. The lowest BCUT2D eigenvalue weighted by atomic mass is 9.99. The minimum atomic E-state index is -1.02. The number of esters is 2. The van der Waals surface area contributed by atoms with Gasteiger partial charge in [-0.15, -0.1) is 0 Å². The van der Waals surface area contributed by atoms with Crippen molar-refractivity contribution in [3.63, 3.8) is 0 Å². The van der Waals surface area contributed by atoms with Crippen molar-refractivity contribution in [2.45, 2.75) is 33.1 Å². The van der Waals surface area contributed by atoms with Gasteiger partial charge in [-0.1, -0.05) is 0 Å². The van der Waals surface area contributed by atoms with Gasteiger partial charge in [0.1, 0.15) is 5.82 Å². The highest BCUT2D eigenvalue weighted by atomic mass is 19.1. The van der Waals surface area contributed by atoms with Crippen molar-refractivity contribution >= 4 is 17.7 Å². The molecule has 0 amide bonds. The molecule has 0 atom stereocenters. The van der Waals surface area contributed by atoms with E-state index in [1.807, 2.05) is 0 Å². The first-order chi connectivity index (χ1) is 11.0. The maximum Gasteiger partial charge on any atom is 0.320 e. The molecule has 0 aromatic heterocycles. The zero-order chi connectivity index (χ0) is 17.2. The third kappa shape index (κ3) is 6.18. The lowest BCUT2D eigenvalue weighted by Crippen LogP contribution is -2.28. The summed E-state index contributed by atoms with van der Waals surface area (Å²) in [5.41, 5.74) is 0.398. The Bertz CT molecular complexity index is 520. The third-order valence-electron chi connectivity index (χ3n) is 3.21. The Balaban J connectivity index is 2.56. The maximum atomic E-state index is 12.8. The fraction of sp³-hybridized carbons (Fsp3) is 0.471. The lowest BCUT2D eigenvalue weighted by molar-refractivity contribution is -0.161. The van der Waals surface area contributed by atoms with E-state index >= 15 is 0 Å². The van der Waals surface area contributed by atoms with Gasteiger partial charge in [0.2, 0.25) is 0 Å². The molecule has 0 spiro atoms. The van der Waals surface area contributed by atoms with Crippen LogP contribution in [0.2, 0.25) is 0 Å². The number of carbonyl (C=O) groups excluding carboxylic acids is 3. The second kappa shape index (κ2) is 9.71. The highest BCUT2D eigenvalue weighted by Crippen LogP contribution is 2.15. The van der Waals surface area contributed by atoms with Gasteiger partial charge in [-0.25, -0.2) is 4.39 Å². The summed E-state index contributed by atoms with van der Waals surface area (Å²) in [4.78, 5) is 35.6. The van der Waals surface area contributed by atoms with Crippen molar-refractivity contribution in [1.29, 1.82) is 0 Å². The Hall–Kier alpha value is -2.24. The van der Waals surface area contributed by atoms with Crippen molar-refractivity contribution < 1.29 is 28.2 Å². The Morgan fingerprint density at radius 1 is 1.00 bits per heavy atom. The van der Waals surface area contributed by atoms with Crippen LogP contribution in [0, 0.1) is 11.7 Å². The van der Waals surface area contributed by atoms with E-state index in [1.165, 1.54) is 24.3 Å². The largest absolute Gasteiger partial charge is 0.465 e. The molecule has 0 aliphatic rings. The van der Waals surface area contributed by atoms with Crippen LogP contribution >= 0.6 is 0 Å². The van der Waals surface area contributed by atoms with E-state index in [1.54, 1.807) is 13.8 Å². The van der Waals surface area contributed by atoms with Gasteiger partial charge in [-0.3, -0.25) is 14.4 Å². The minimum Gasteiger partial charge on any atom is -0.465 e. The van der Waals surface area contributed by atoms with E-state index in [-0.39, 0.29) is 31.8 Å². The normalized spacial score (nSPS) is 10.4. The summed E-state index contributed by atoms with van der Waals surface area (Å²) in [6.07, 6.45) is 0.657. The molecular weight excluding hydrogens is 303 g/mol. The summed E-state index contributed by atoms with van der Waals surface area (Å²) < 4.78 is 22.5. The smallest absolute Gasteiger partial charge is 0.320 e. The number of hydrogen-bond donors (Lipinski definition) is 0. The van der Waals surface area contributed by atoms with Gasteiger partial charge in [0.25, 0.3) is 0 Å². The van der Waals surface area contributed by atoms with Gasteiger partial charge < -0.3 is 9.47 Å². The Morgan fingerprint density at radius 3 is 2.00 bits per heavy atom. The predicted octanol–water partition coefficient (Wildman–Crippen LogP) is 2.92. The molecule has 0 aliphatic carbocycles. The molecule has 0 saturated heterocycles. The minimum absolute atomic E-state index is 0.154. The summed E-state index contributed by atoms with van der Waals surface area (Å²) in [5.74, 6) is -2.88. The van der Waals surface area contributed by atoms with Crippen LogP contribution in [0.25, 0.3) is 0 Å². The summed E-state index contributed by atoms with van der Waals surface area (Å²) in [6, 6.07) is 5.25. The van der Waals surface area contributed by atoms with Crippen LogP contribution in [-0.2, 0) is 19.1 Å². The zero-order valence-electron chi connectivity index (χ0n) is 13.3. The van der Waals surface area contributed by atoms with Crippen LogP contribution in [0.15, 0.2) is 24.3 Å². The fourth-order valence-electron chi connectivity index (χ4n) is 2.06. The monoisotopic (exact) mass is 324 g/mol. The van der Waals surface area contributed by atoms with E-state index in [4.69, 9.17) is 9.47 Å². The van der Waals surface area contributed by atoms with E-state index in [9.17, 15) is 18.8 Å². The Morgan fingerprint density at radius 2 is 1.52 bits per heavy atom. The Labute approximate surface area is 134 Å². The topological polar surface area (TPSA) is 69.7 Å². The predicted molar refractivity (Wildman–Crippen MR) is 81.3 cm³/mol. The first-order valence-electron chi connectivity index (χ1n) is 7.61. The van der Waals surface area contributed by atoms with Gasteiger partial charge in [-0.05, 0) is 51.0 Å². The molecule has 0 aliphatic heterocycles. The number of Topliss-reactive ketones (excluding diaryl/α,β-unsaturated/α-hetero) is 1. The summed E-state index contributed by atoms with van der Waals surface area (Å²) in [6.45, 7) is 3.64. The van der Waals surface area contributed by atoms with E-state index < -0.39 is 23.7 Å². The van der Waals surface area contributed by atoms with Crippen LogP contribution in [0.4, 0.5) is 4.39 Å². The number of ether oxygens (including phenoxy) is 2. The fourth-order valence-corrected chi connectivity index (χ4v) is 2.06. The van der Waals surface area contributed by atoms with Gasteiger partial charge in [-0.2, -0.15) is 0 Å². The number of halogens is 1. The maximum absolute atomic E-state index is 12.8. The lowest BCUT2D eigenvalue weighted by Gasteiger charge is -2.14. The summed E-state index contributed by atoms with van der Waals surface area (Å²) in [7, 11) is 0. The number of rotatable bonds is 9. The van der Waals surface area contributed by atoms with Crippen LogP contribution in [0.3, 0.4) is 0 Å². The molecule has 0 unspecified atom stereocenters. The molecule has 5 nitrogen and oxygen atoms in total. The molecule has 126 valence electrons. The second-order valence-corrected chi connectivity index (χ2v) is 4.88. The van der Waals surface area contributed by atoms with Crippen molar-refractivity contribution in [3.05, 3.63) is 35.6 Å². The van der Waals surface area contributed by atoms with E-state index in [2.05, 4.69) is 0 Å². The van der Waals surface area contributed by atoms with Crippen LogP contribution in [0.1, 0.15) is 43.5 Å². The molecule has 0 saturated carbocycles. The molecule has 1 aromatic carbocycles. The molecule has 1 rings (SSSR count). The average molecular weight is 324 g/mol. The van der Waals surface area contributed by atoms with Crippen molar-refractivity contribution in [2.75, 3.05) is 13.2 Å². The molecule has 0 fully saturated rings. The molecule has 0 heterocycles. The van der Waals surface area contributed by atoms with Crippen molar-refractivity contribution in [1.82, 2.24) is 0 Å². The number of benzene rings is 1. The van der Waals surface area contributed by atoms with Gasteiger partial charge in [0, 0.05) is 12.0 Å². The molecule has 1 aromatic rings. The van der Waals surface area contributed by atoms with Crippen LogP contribution in [0.5, 0.6) is 0 Å². The number of carbonyl (C=O) groups is 3. The highest BCUT2D eigenvalue weighted by molar-refractivity contribution is 5.96. The Kier molecular flexibility index (Phi) is 7.94. The van der Waals surface area contributed by atoms with Gasteiger partial charge >= 0.3 is 11.9 Å². The van der Waals surface area contributed by atoms with Crippen molar-refractivity contribution in [2.24, 2.45) is 5.92 Å². The zero-order valence-corrected chi connectivity index (χ0v) is 13.3. The molecule has 0 bridgehead atoms. The summed E-state index contributed by atoms with van der Waals surface area (Å²) >= 11 is 0. The van der Waals surface area contributed by atoms with Crippen LogP contribution < -0.4 is 0 Å². The van der Waals surface area contributed by atoms with Crippen molar-refractivity contribution in [3.8, 4) is 0 Å². The van der Waals surface area contributed by atoms with E-state index in [0.717, 1.165) is 0 Å². The van der Waals surface area contributed by atoms with Gasteiger partial charge in [0.05, 0.1) is 13.2 Å². The standard InChI is InChI=1S/C17H21FO5/c1-3-22-16(20)14(17(21)23-4-2)6-5-7-15(19)12-8-10-13(18)11-9-12/h8-11,14H,3-7H2,1-2H3. The average Bonchev–Trinajstić information content (AvgIpc) is 2.52. The number of ketones is 1. The molecule has 0 radical (unpaired) electrons. The molecule has 0 N–H and O–H groups in total. The highest BCUT2D eigenvalue weighted by Gasteiger charge is 2.29. The van der Waals surface area contributed by atoms with E-state index in [0.29, 0.717) is 12.0 Å². The summed E-state index contributed by atoms with van der Waals surface area (Å²) in [5, 5.41) is 0. The first-order valence-corrected chi connectivity index (χ1v) is 7.61. The van der Waals surface area contributed by atoms with Gasteiger partial charge in [0.15, 0.2) is 11.7 Å². The molecule has 23 heavy (non-hydrogen) atoms. The second-order valence-electron chi connectivity index (χ2n) is 4.88. The SMILES string of the molecule is CCOC(=O)C(CCCC(=O)c1ccc(F)cc1)C(=O)OCC.